The van der Waals surface area contributed by atoms with Crippen molar-refractivity contribution in [3.05, 3.63) is 0 Å². The Labute approximate surface area is 244 Å². The molecule has 0 heterocycles. The molecule has 0 saturated carbocycles. The lowest BCUT2D eigenvalue weighted by molar-refractivity contribution is -0.123. The van der Waals surface area contributed by atoms with E-state index >= 15 is 0 Å². The second-order valence-electron chi connectivity index (χ2n) is 12.3. The molecule has 0 aromatic heterocycles. The largest absolute Gasteiger partial charge is 0.394 e. The van der Waals surface area contributed by atoms with Crippen molar-refractivity contribution in [2.45, 2.75) is 212 Å². The minimum atomic E-state index is -0.650. The van der Waals surface area contributed by atoms with Gasteiger partial charge in [0.05, 0.1) is 18.8 Å². The van der Waals surface area contributed by atoms with Crippen LogP contribution in [0.15, 0.2) is 0 Å². The fraction of sp³-hybridized carbons (Fsp3) is 0.971. The van der Waals surface area contributed by atoms with Crippen LogP contribution in [0.4, 0.5) is 0 Å². The SMILES string of the molecule is CCCCCCCCCCCCCCCCCC(=O)NC(CO)C(O)CCCCCCCCCCCCCC. The van der Waals surface area contributed by atoms with Crippen molar-refractivity contribution >= 4 is 5.91 Å². The quantitative estimate of drug-likeness (QED) is 0.0726. The van der Waals surface area contributed by atoms with E-state index in [1.165, 1.54) is 148 Å². The summed E-state index contributed by atoms with van der Waals surface area (Å²) in [6.07, 6.45) is 35.8. The fourth-order valence-corrected chi connectivity index (χ4v) is 5.59. The summed E-state index contributed by atoms with van der Waals surface area (Å²) < 4.78 is 0. The summed E-state index contributed by atoms with van der Waals surface area (Å²) in [5.74, 6) is -0.0301. The molecule has 0 radical (unpaired) electrons. The first-order valence-electron chi connectivity index (χ1n) is 17.7. The van der Waals surface area contributed by atoms with E-state index in [-0.39, 0.29) is 12.5 Å². The number of aliphatic hydroxyl groups is 2. The highest BCUT2D eigenvalue weighted by Gasteiger charge is 2.19. The molecule has 2 atom stereocenters. The second-order valence-corrected chi connectivity index (χ2v) is 12.3. The fourth-order valence-electron chi connectivity index (χ4n) is 5.59. The lowest BCUT2D eigenvalue weighted by Gasteiger charge is -2.22. The van der Waals surface area contributed by atoms with Crippen molar-refractivity contribution in [3.8, 4) is 0 Å². The maximum atomic E-state index is 12.3. The molecule has 4 nitrogen and oxygen atoms in total. The van der Waals surface area contributed by atoms with E-state index in [1.807, 2.05) is 0 Å². The van der Waals surface area contributed by atoms with Crippen molar-refractivity contribution in [1.82, 2.24) is 5.32 Å². The number of hydrogen-bond acceptors (Lipinski definition) is 3. The number of carbonyl (C=O) groups excluding carboxylic acids is 1. The third-order valence-corrected chi connectivity index (χ3v) is 8.37. The summed E-state index contributed by atoms with van der Waals surface area (Å²) in [5.41, 5.74) is 0. The van der Waals surface area contributed by atoms with Gasteiger partial charge in [-0.1, -0.05) is 181 Å². The molecule has 0 aliphatic carbocycles. The second kappa shape index (κ2) is 31.9. The van der Waals surface area contributed by atoms with Gasteiger partial charge in [-0.3, -0.25) is 4.79 Å². The molecule has 2 unspecified atom stereocenters. The van der Waals surface area contributed by atoms with Gasteiger partial charge in [0.2, 0.25) is 5.91 Å². The lowest BCUT2D eigenvalue weighted by Crippen LogP contribution is -2.45. The van der Waals surface area contributed by atoms with E-state index in [1.54, 1.807) is 0 Å². The minimum absolute atomic E-state index is 0.0301. The summed E-state index contributed by atoms with van der Waals surface area (Å²) in [6, 6.07) is -0.526. The van der Waals surface area contributed by atoms with Crippen LogP contribution in [0.1, 0.15) is 200 Å². The average Bonchev–Trinajstić information content (AvgIpc) is 2.94. The van der Waals surface area contributed by atoms with Crippen LogP contribution in [0.2, 0.25) is 0 Å². The molecule has 0 rings (SSSR count). The molecule has 0 aromatic rings. The van der Waals surface area contributed by atoms with Crippen molar-refractivity contribution < 1.29 is 15.0 Å². The summed E-state index contributed by atoms with van der Waals surface area (Å²) in [6.45, 7) is 4.35. The Bertz CT molecular complexity index is 485. The Morgan fingerprint density at radius 2 is 0.821 bits per heavy atom. The standard InChI is InChI=1S/C35H71NO3/c1-3-5-7-9-11-13-15-17-18-19-21-23-25-27-29-31-35(39)36-33(32-37)34(38)30-28-26-24-22-20-16-14-12-10-8-6-4-2/h33-34,37-38H,3-32H2,1-2H3,(H,36,39). The first-order chi connectivity index (χ1) is 19.2. The number of nitrogens with one attached hydrogen (secondary N) is 1. The summed E-state index contributed by atoms with van der Waals surface area (Å²) in [5, 5.41) is 23.0. The van der Waals surface area contributed by atoms with E-state index in [0.29, 0.717) is 12.8 Å². The molecule has 1 amide bonds. The van der Waals surface area contributed by atoms with E-state index in [4.69, 9.17) is 0 Å². The molecule has 0 aliphatic heterocycles. The van der Waals surface area contributed by atoms with E-state index in [2.05, 4.69) is 19.2 Å². The van der Waals surface area contributed by atoms with Gasteiger partial charge in [0.25, 0.3) is 0 Å². The maximum absolute atomic E-state index is 12.3. The van der Waals surface area contributed by atoms with Gasteiger partial charge in [-0.25, -0.2) is 0 Å². The molecule has 39 heavy (non-hydrogen) atoms. The average molecular weight is 554 g/mol. The molecule has 234 valence electrons. The van der Waals surface area contributed by atoms with Gasteiger partial charge in [0.15, 0.2) is 0 Å². The Balaban J connectivity index is 3.53. The highest BCUT2D eigenvalue weighted by atomic mass is 16.3. The highest BCUT2D eigenvalue weighted by molar-refractivity contribution is 5.76. The first-order valence-corrected chi connectivity index (χ1v) is 17.7. The molecular formula is C35H71NO3. The monoisotopic (exact) mass is 554 g/mol. The first kappa shape index (κ1) is 38.4. The minimum Gasteiger partial charge on any atom is -0.394 e. The molecule has 0 bridgehead atoms. The lowest BCUT2D eigenvalue weighted by atomic mass is 10.0. The number of hydrogen-bond donors (Lipinski definition) is 3. The summed E-state index contributed by atoms with van der Waals surface area (Å²) in [7, 11) is 0. The molecule has 0 saturated heterocycles. The third kappa shape index (κ3) is 28.7. The van der Waals surface area contributed by atoms with Crippen LogP contribution < -0.4 is 5.32 Å². The zero-order valence-corrected chi connectivity index (χ0v) is 26.7. The number of amides is 1. The Morgan fingerprint density at radius 1 is 0.513 bits per heavy atom. The molecule has 3 N–H and O–H groups in total. The maximum Gasteiger partial charge on any atom is 0.220 e. The van der Waals surface area contributed by atoms with Crippen LogP contribution in [0.5, 0.6) is 0 Å². The molecule has 0 fully saturated rings. The van der Waals surface area contributed by atoms with Gasteiger partial charge < -0.3 is 15.5 Å². The number of rotatable bonds is 32. The van der Waals surface area contributed by atoms with Gasteiger partial charge >= 0.3 is 0 Å². The predicted molar refractivity (Wildman–Crippen MR) is 170 cm³/mol. The predicted octanol–water partition coefficient (Wildman–Crippen LogP) is 10.2. The molecular weight excluding hydrogens is 482 g/mol. The highest BCUT2D eigenvalue weighted by Crippen LogP contribution is 2.15. The van der Waals surface area contributed by atoms with Crippen LogP contribution >= 0.6 is 0 Å². The van der Waals surface area contributed by atoms with Gasteiger partial charge in [0, 0.05) is 6.42 Å². The summed E-state index contributed by atoms with van der Waals surface area (Å²) >= 11 is 0. The summed E-state index contributed by atoms with van der Waals surface area (Å²) in [4.78, 5) is 12.3. The van der Waals surface area contributed by atoms with Crippen LogP contribution in [-0.2, 0) is 4.79 Å². The van der Waals surface area contributed by atoms with Crippen molar-refractivity contribution in [2.75, 3.05) is 6.61 Å². The smallest absolute Gasteiger partial charge is 0.220 e. The molecule has 0 aliphatic rings. The molecule has 0 spiro atoms. The van der Waals surface area contributed by atoms with Gasteiger partial charge in [-0.2, -0.15) is 0 Å². The van der Waals surface area contributed by atoms with Crippen LogP contribution in [0, 0.1) is 0 Å². The van der Waals surface area contributed by atoms with Gasteiger partial charge in [-0.15, -0.1) is 0 Å². The zero-order chi connectivity index (χ0) is 28.7. The Hall–Kier alpha value is -0.610. The third-order valence-electron chi connectivity index (χ3n) is 8.37. The topological polar surface area (TPSA) is 69.6 Å². The number of unbranched alkanes of at least 4 members (excludes halogenated alkanes) is 25. The Kier molecular flexibility index (Phi) is 31.4. The molecule has 0 aromatic carbocycles. The zero-order valence-electron chi connectivity index (χ0n) is 26.7. The van der Waals surface area contributed by atoms with Crippen molar-refractivity contribution in [1.29, 1.82) is 0 Å². The van der Waals surface area contributed by atoms with Crippen molar-refractivity contribution in [2.24, 2.45) is 0 Å². The number of carbonyl (C=O) groups is 1. The van der Waals surface area contributed by atoms with Crippen LogP contribution in [-0.4, -0.2) is 34.9 Å². The Morgan fingerprint density at radius 3 is 1.15 bits per heavy atom. The van der Waals surface area contributed by atoms with Crippen LogP contribution in [0.25, 0.3) is 0 Å². The van der Waals surface area contributed by atoms with E-state index in [0.717, 1.165) is 25.7 Å². The molecule has 4 heteroatoms. The van der Waals surface area contributed by atoms with Gasteiger partial charge in [0.1, 0.15) is 0 Å². The van der Waals surface area contributed by atoms with Gasteiger partial charge in [-0.05, 0) is 12.8 Å². The van der Waals surface area contributed by atoms with Crippen molar-refractivity contribution in [3.63, 3.8) is 0 Å². The van der Waals surface area contributed by atoms with Crippen LogP contribution in [0.3, 0.4) is 0 Å². The van der Waals surface area contributed by atoms with E-state index in [9.17, 15) is 15.0 Å². The number of aliphatic hydroxyl groups excluding tert-OH is 2. The normalized spacial score (nSPS) is 13.0. The van der Waals surface area contributed by atoms with E-state index < -0.39 is 12.1 Å².